The van der Waals surface area contributed by atoms with Gasteiger partial charge in [-0.3, -0.25) is 14.5 Å². The van der Waals surface area contributed by atoms with E-state index in [1.807, 2.05) is 0 Å². The molecule has 27 heavy (non-hydrogen) atoms. The predicted molar refractivity (Wildman–Crippen MR) is 105 cm³/mol. The van der Waals surface area contributed by atoms with Crippen LogP contribution in [0.25, 0.3) is 0 Å². The molecule has 1 saturated carbocycles. The molecule has 0 radical (unpaired) electrons. The molecule has 1 saturated heterocycles. The second kappa shape index (κ2) is 9.30. The van der Waals surface area contributed by atoms with Gasteiger partial charge in [-0.25, -0.2) is 0 Å². The monoisotopic (exact) mass is 377 g/mol. The molecule has 2 atom stereocenters. The number of anilines is 1. The normalized spacial score (nSPS) is 23.5. The van der Waals surface area contributed by atoms with Crippen LogP contribution in [0.15, 0.2) is 24.3 Å². The van der Waals surface area contributed by atoms with Gasteiger partial charge in [0.1, 0.15) is 0 Å². The Labute approximate surface area is 160 Å². The highest BCUT2D eigenvalue weighted by Gasteiger charge is 2.39. The van der Waals surface area contributed by atoms with Crippen LogP contribution in [-0.2, 0) is 4.79 Å². The van der Waals surface area contributed by atoms with E-state index < -0.39 is 6.10 Å². The van der Waals surface area contributed by atoms with E-state index in [0.717, 1.165) is 6.54 Å². The van der Waals surface area contributed by atoms with Crippen LogP contribution in [0.3, 0.4) is 0 Å². The van der Waals surface area contributed by atoms with Gasteiger partial charge in [0.05, 0.1) is 12.1 Å². The van der Waals surface area contributed by atoms with Crippen LogP contribution in [-0.4, -0.2) is 70.5 Å². The number of hydrogen-bond donors (Lipinski definition) is 2. The number of likely N-dealkylation sites (N-methyl/N-ethyl adjacent to an activating group) is 1. The molecular formula is C20H31N3O4. The minimum atomic E-state index is -0.510. The van der Waals surface area contributed by atoms with Gasteiger partial charge < -0.3 is 20.8 Å². The molecule has 1 heterocycles. The topological polar surface area (TPSA) is 104 Å². The molecule has 0 spiro atoms. The first-order chi connectivity index (χ1) is 12.5. The largest absolute Gasteiger partial charge is 0.412 e. The third kappa shape index (κ3) is 5.06. The van der Waals surface area contributed by atoms with Gasteiger partial charge in [-0.2, -0.15) is 0 Å². The number of rotatable bonds is 4. The number of nitrogens with one attached hydrogen (secondary N) is 1. The number of likely N-dealkylation sites (tertiary alicyclic amines) is 1. The average molecular weight is 377 g/mol. The van der Waals surface area contributed by atoms with Gasteiger partial charge in [-0.15, -0.1) is 0 Å². The van der Waals surface area contributed by atoms with Crippen molar-refractivity contribution in [2.75, 3.05) is 25.5 Å². The van der Waals surface area contributed by atoms with Crippen molar-refractivity contribution in [3.05, 3.63) is 29.8 Å². The number of amides is 2. The molecule has 2 amide bonds. The number of carbonyl (C=O) groups is 2. The first kappa shape index (κ1) is 21.3. The van der Waals surface area contributed by atoms with Gasteiger partial charge >= 0.3 is 0 Å². The van der Waals surface area contributed by atoms with Crippen molar-refractivity contribution in [3.8, 4) is 0 Å². The number of carbonyl (C=O) groups excluding carboxylic acids is 2. The number of hydrogen-bond acceptors (Lipinski definition) is 4. The van der Waals surface area contributed by atoms with Crippen molar-refractivity contribution in [2.45, 2.75) is 57.2 Å². The maximum Gasteiger partial charge on any atom is 0.253 e. The lowest BCUT2D eigenvalue weighted by atomic mass is 9.94. The van der Waals surface area contributed by atoms with E-state index in [9.17, 15) is 14.7 Å². The molecule has 2 fully saturated rings. The van der Waals surface area contributed by atoms with E-state index in [1.165, 1.54) is 39.0 Å². The summed E-state index contributed by atoms with van der Waals surface area (Å²) in [6, 6.07) is 7.24. The fourth-order valence-electron chi connectivity index (χ4n) is 4.18. The Morgan fingerprint density at radius 3 is 2.33 bits per heavy atom. The Bertz CT molecular complexity index is 643. The Kier molecular flexibility index (Phi) is 7.35. The molecule has 1 aromatic carbocycles. The van der Waals surface area contributed by atoms with E-state index in [-0.39, 0.29) is 23.3 Å². The average Bonchev–Trinajstić information content (AvgIpc) is 3.03. The summed E-state index contributed by atoms with van der Waals surface area (Å²) in [5.74, 6) is -0.244. The Hall–Kier alpha value is -1.96. The van der Waals surface area contributed by atoms with Crippen molar-refractivity contribution >= 4 is 17.5 Å². The molecule has 2 unspecified atom stereocenters. The summed E-state index contributed by atoms with van der Waals surface area (Å²) in [4.78, 5) is 27.9. The minimum absolute atomic E-state index is 0. The molecule has 1 aromatic rings. The maximum atomic E-state index is 12.8. The molecule has 4 N–H and O–H groups in total. The zero-order valence-electron chi connectivity index (χ0n) is 16.1. The SMILES string of the molecule is CC(=O)Nc1ccc(C(=O)N(C)C2CN(C3CCCCC3)CC2O)cc1.O. The van der Waals surface area contributed by atoms with Gasteiger partial charge in [0.15, 0.2) is 0 Å². The van der Waals surface area contributed by atoms with E-state index in [0.29, 0.717) is 23.8 Å². The molecule has 1 aliphatic carbocycles. The minimum Gasteiger partial charge on any atom is -0.412 e. The summed E-state index contributed by atoms with van der Waals surface area (Å²) in [5, 5.41) is 13.2. The van der Waals surface area contributed by atoms with E-state index in [4.69, 9.17) is 0 Å². The summed E-state index contributed by atoms with van der Waals surface area (Å²) in [5.41, 5.74) is 1.23. The van der Waals surface area contributed by atoms with E-state index in [1.54, 1.807) is 36.2 Å². The van der Waals surface area contributed by atoms with Crippen molar-refractivity contribution in [3.63, 3.8) is 0 Å². The molecule has 1 aliphatic heterocycles. The highest BCUT2D eigenvalue weighted by Crippen LogP contribution is 2.27. The summed E-state index contributed by atoms with van der Waals surface area (Å²) in [6.45, 7) is 2.83. The lowest BCUT2D eigenvalue weighted by Crippen LogP contribution is -2.44. The third-order valence-electron chi connectivity index (χ3n) is 5.65. The van der Waals surface area contributed by atoms with Crippen LogP contribution in [0, 0.1) is 0 Å². The van der Waals surface area contributed by atoms with Crippen LogP contribution in [0.5, 0.6) is 0 Å². The standard InChI is InChI=1S/C20H29N3O3.H2O/c1-14(24)21-16-10-8-15(9-11-16)20(26)22(2)18-12-23(13-19(18)25)17-6-4-3-5-7-17;/h8-11,17-19,25H,3-7,12-13H2,1-2H3,(H,21,24);1H2. The smallest absolute Gasteiger partial charge is 0.253 e. The van der Waals surface area contributed by atoms with Crippen molar-refractivity contribution in [1.29, 1.82) is 0 Å². The van der Waals surface area contributed by atoms with Crippen molar-refractivity contribution in [1.82, 2.24) is 9.80 Å². The fourth-order valence-corrected chi connectivity index (χ4v) is 4.18. The number of benzene rings is 1. The highest BCUT2D eigenvalue weighted by atomic mass is 16.3. The Morgan fingerprint density at radius 1 is 1.11 bits per heavy atom. The van der Waals surface area contributed by atoms with Crippen LogP contribution in [0.1, 0.15) is 49.4 Å². The second-order valence-corrected chi connectivity index (χ2v) is 7.56. The molecule has 0 aromatic heterocycles. The van der Waals surface area contributed by atoms with Crippen LogP contribution >= 0.6 is 0 Å². The summed E-state index contributed by atoms with van der Waals surface area (Å²) < 4.78 is 0. The summed E-state index contributed by atoms with van der Waals surface area (Å²) in [7, 11) is 1.77. The molecule has 2 aliphatic rings. The molecule has 7 heteroatoms. The van der Waals surface area contributed by atoms with Gasteiger partial charge in [-0.05, 0) is 37.1 Å². The zero-order chi connectivity index (χ0) is 18.7. The van der Waals surface area contributed by atoms with Crippen LogP contribution in [0.2, 0.25) is 0 Å². The molecular weight excluding hydrogens is 346 g/mol. The van der Waals surface area contributed by atoms with Gasteiger partial charge in [0.25, 0.3) is 5.91 Å². The van der Waals surface area contributed by atoms with Crippen molar-refractivity contribution in [2.24, 2.45) is 0 Å². The molecule has 7 nitrogen and oxygen atoms in total. The summed E-state index contributed by atoms with van der Waals surface area (Å²) >= 11 is 0. The number of β-amino-alcohol motifs (C(OH)–C–C–N with tert-alkyl or cyclic N) is 1. The quantitative estimate of drug-likeness (QED) is 0.824. The number of aliphatic hydroxyl groups excluding tert-OH is 1. The maximum absolute atomic E-state index is 12.8. The van der Waals surface area contributed by atoms with Crippen LogP contribution < -0.4 is 5.32 Å². The second-order valence-electron chi connectivity index (χ2n) is 7.56. The van der Waals surface area contributed by atoms with Gasteiger partial charge in [0, 0.05) is 44.4 Å². The first-order valence-electron chi connectivity index (χ1n) is 9.52. The molecule has 150 valence electrons. The molecule has 0 bridgehead atoms. The van der Waals surface area contributed by atoms with Gasteiger partial charge in [-0.1, -0.05) is 19.3 Å². The third-order valence-corrected chi connectivity index (χ3v) is 5.65. The summed E-state index contributed by atoms with van der Waals surface area (Å²) in [6.07, 6.45) is 5.71. The van der Waals surface area contributed by atoms with Crippen LogP contribution in [0.4, 0.5) is 5.69 Å². The Balaban J connectivity index is 0.00000261. The van der Waals surface area contributed by atoms with E-state index in [2.05, 4.69) is 10.2 Å². The number of nitrogens with zero attached hydrogens (tertiary/aromatic N) is 2. The zero-order valence-corrected chi connectivity index (χ0v) is 16.1. The Morgan fingerprint density at radius 2 is 1.74 bits per heavy atom. The lowest BCUT2D eigenvalue weighted by molar-refractivity contribution is -0.114. The van der Waals surface area contributed by atoms with Gasteiger partial charge in [0.2, 0.25) is 5.91 Å². The fraction of sp³-hybridized carbons (Fsp3) is 0.600. The van der Waals surface area contributed by atoms with Crippen molar-refractivity contribution < 1.29 is 20.2 Å². The predicted octanol–water partition coefficient (Wildman–Crippen LogP) is 1.27. The molecule has 3 rings (SSSR count). The first-order valence-corrected chi connectivity index (χ1v) is 9.52. The lowest BCUT2D eigenvalue weighted by Gasteiger charge is -2.31. The highest BCUT2D eigenvalue weighted by molar-refractivity contribution is 5.95. The van der Waals surface area contributed by atoms with E-state index >= 15 is 0 Å². The number of aliphatic hydroxyl groups is 1.